The number of methoxy groups -OCH3 is 2. The minimum atomic E-state index is -0.629. The first kappa shape index (κ1) is 32.7. The molecule has 1 fully saturated rings. The van der Waals surface area contributed by atoms with Crippen LogP contribution in [0.5, 0.6) is 11.5 Å². The van der Waals surface area contributed by atoms with Crippen LogP contribution in [0.4, 0.5) is 11.4 Å². The lowest BCUT2D eigenvalue weighted by molar-refractivity contribution is -0.121. The van der Waals surface area contributed by atoms with Crippen LogP contribution in [0, 0.1) is 0 Å². The van der Waals surface area contributed by atoms with Crippen LogP contribution in [0.1, 0.15) is 39.6 Å². The molecule has 0 bridgehead atoms. The normalized spacial score (nSPS) is 14.5. The van der Waals surface area contributed by atoms with Crippen molar-refractivity contribution in [2.75, 3.05) is 24.4 Å². The van der Waals surface area contributed by atoms with Gasteiger partial charge < -0.3 is 20.1 Å². The van der Waals surface area contributed by atoms with E-state index in [0.29, 0.717) is 39.6 Å². The Labute approximate surface area is 275 Å². The van der Waals surface area contributed by atoms with Crippen LogP contribution in [0.25, 0.3) is 6.08 Å². The summed E-state index contributed by atoms with van der Waals surface area (Å²) < 4.78 is 10.9. The maximum Gasteiger partial charge on any atom is 0.272 e. The molecule has 4 aromatic rings. The number of anilines is 2. The van der Waals surface area contributed by atoms with Crippen molar-refractivity contribution in [3.63, 3.8) is 0 Å². The molecule has 1 unspecified atom stereocenters. The van der Waals surface area contributed by atoms with Crippen molar-refractivity contribution in [2.45, 2.75) is 23.5 Å². The second-order valence-electron chi connectivity index (χ2n) is 10.4. The average Bonchev–Trinajstić information content (AvgIpc) is 3.36. The van der Waals surface area contributed by atoms with Crippen molar-refractivity contribution in [2.24, 2.45) is 0 Å². The molecule has 1 heterocycles. The maximum absolute atomic E-state index is 13.5. The van der Waals surface area contributed by atoms with Crippen LogP contribution in [-0.2, 0) is 14.4 Å². The quantitative estimate of drug-likeness (QED) is 0.120. The Hall–Kier alpha value is -5.68. The van der Waals surface area contributed by atoms with Gasteiger partial charge in [-0.05, 0) is 79.7 Å². The number of amides is 4. The predicted octanol–water partition coefficient (Wildman–Crippen LogP) is 5.74. The number of benzene rings is 4. The third kappa shape index (κ3) is 7.59. The maximum atomic E-state index is 13.5. The lowest BCUT2D eigenvalue weighted by atomic mass is 10.1. The molecule has 1 saturated heterocycles. The van der Waals surface area contributed by atoms with Crippen molar-refractivity contribution in [3.8, 4) is 11.5 Å². The van der Waals surface area contributed by atoms with Gasteiger partial charge in [-0.2, -0.15) is 0 Å². The molecule has 0 aromatic heterocycles. The fourth-order valence-electron chi connectivity index (χ4n) is 4.92. The van der Waals surface area contributed by atoms with Gasteiger partial charge in [-0.15, -0.1) is 11.8 Å². The van der Waals surface area contributed by atoms with Crippen LogP contribution in [0.15, 0.2) is 108 Å². The number of imide groups is 1. The van der Waals surface area contributed by atoms with E-state index in [1.165, 1.54) is 39.0 Å². The van der Waals surface area contributed by atoms with Gasteiger partial charge in [0.05, 0.1) is 25.2 Å². The van der Waals surface area contributed by atoms with E-state index in [0.717, 1.165) is 9.80 Å². The third-order valence-electron chi connectivity index (χ3n) is 7.29. The fraction of sp³-hybridized carbons (Fsp3) is 0.139. The summed E-state index contributed by atoms with van der Waals surface area (Å²) >= 11 is 1.25. The first-order valence-corrected chi connectivity index (χ1v) is 15.4. The Balaban J connectivity index is 1.31. The zero-order chi connectivity index (χ0) is 33.5. The molecule has 0 radical (unpaired) electrons. The molecule has 1 aliphatic rings. The van der Waals surface area contributed by atoms with E-state index < -0.39 is 17.1 Å². The highest BCUT2D eigenvalue weighted by molar-refractivity contribution is 8.00. The minimum absolute atomic E-state index is 0.0272. The summed E-state index contributed by atoms with van der Waals surface area (Å²) in [6, 6.07) is 26.9. The number of nitrogens with one attached hydrogen (secondary N) is 2. The van der Waals surface area contributed by atoms with Crippen molar-refractivity contribution in [1.82, 2.24) is 5.32 Å². The van der Waals surface area contributed by atoms with E-state index >= 15 is 0 Å². The number of hydrogen-bond acceptors (Lipinski definition) is 8. The molecule has 47 heavy (non-hydrogen) atoms. The summed E-state index contributed by atoms with van der Waals surface area (Å²) in [4.78, 5) is 65.9. The standard InChI is InChI=1S/C36H31N3O7S/c1-22(40)23-12-16-27(17-13-23)39-32(41)21-31(36(39)44)47-28-18-14-26(15-19-28)37-35(43)29(38-34(42)24-8-5-4-6-9-24)20-25-10-7-11-30(45-2)33(25)46-3/h4-20,31H,21H2,1-3H3,(H,37,43)(H,38,42)/b29-20-. The number of carbonyl (C=O) groups excluding carboxylic acids is 5. The Morgan fingerprint density at radius 2 is 1.53 bits per heavy atom. The lowest BCUT2D eigenvalue weighted by Crippen LogP contribution is -2.31. The van der Waals surface area contributed by atoms with Gasteiger partial charge in [-0.3, -0.25) is 24.0 Å². The molecule has 1 atom stereocenters. The Morgan fingerprint density at radius 1 is 0.830 bits per heavy atom. The second-order valence-corrected chi connectivity index (χ2v) is 11.7. The molecule has 4 amide bonds. The van der Waals surface area contributed by atoms with E-state index in [1.54, 1.807) is 97.1 Å². The van der Waals surface area contributed by atoms with Gasteiger partial charge >= 0.3 is 0 Å². The number of carbonyl (C=O) groups is 5. The van der Waals surface area contributed by atoms with Gasteiger partial charge in [0.1, 0.15) is 5.70 Å². The van der Waals surface area contributed by atoms with Crippen LogP contribution >= 0.6 is 11.8 Å². The molecule has 5 rings (SSSR count). The van der Waals surface area contributed by atoms with Gasteiger partial charge in [0.25, 0.3) is 11.8 Å². The Morgan fingerprint density at radius 3 is 2.17 bits per heavy atom. The number of thioether (sulfide) groups is 1. The number of ether oxygens (including phenoxy) is 2. The Bertz CT molecular complexity index is 1860. The molecule has 1 aliphatic heterocycles. The Kier molecular flexibility index (Phi) is 10.2. The molecule has 10 nitrogen and oxygen atoms in total. The summed E-state index contributed by atoms with van der Waals surface area (Å²) in [6.07, 6.45) is 1.53. The summed E-state index contributed by atoms with van der Waals surface area (Å²) in [5, 5.41) is 4.88. The van der Waals surface area contributed by atoms with Crippen molar-refractivity contribution >= 4 is 58.6 Å². The molecule has 0 spiro atoms. The van der Waals surface area contributed by atoms with E-state index in [-0.39, 0.29) is 29.7 Å². The second kappa shape index (κ2) is 14.6. The summed E-state index contributed by atoms with van der Waals surface area (Å²) in [5.74, 6) is -0.976. The van der Waals surface area contributed by atoms with E-state index in [9.17, 15) is 24.0 Å². The highest BCUT2D eigenvalue weighted by atomic mass is 32.2. The number of nitrogens with zero attached hydrogens (tertiary/aromatic N) is 1. The van der Waals surface area contributed by atoms with Crippen molar-refractivity contribution in [3.05, 3.63) is 119 Å². The molecule has 238 valence electrons. The smallest absolute Gasteiger partial charge is 0.272 e. The van der Waals surface area contributed by atoms with Crippen molar-refractivity contribution < 1.29 is 33.4 Å². The van der Waals surface area contributed by atoms with Gasteiger partial charge in [-0.25, -0.2) is 4.90 Å². The zero-order valence-electron chi connectivity index (χ0n) is 25.8. The number of rotatable bonds is 11. The number of ketones is 1. The van der Waals surface area contributed by atoms with Gasteiger partial charge in [0.15, 0.2) is 17.3 Å². The van der Waals surface area contributed by atoms with E-state index in [2.05, 4.69) is 10.6 Å². The SMILES string of the molecule is COc1cccc(/C=C(\NC(=O)c2ccccc2)C(=O)Nc2ccc(SC3CC(=O)N(c4ccc(C(C)=O)cc4)C3=O)cc2)c1OC. The first-order valence-electron chi connectivity index (χ1n) is 14.5. The molecular weight excluding hydrogens is 618 g/mol. The van der Waals surface area contributed by atoms with Gasteiger partial charge in [0, 0.05) is 33.7 Å². The summed E-state index contributed by atoms with van der Waals surface area (Å²) in [6.45, 7) is 1.45. The van der Waals surface area contributed by atoms with Crippen LogP contribution < -0.4 is 25.0 Å². The minimum Gasteiger partial charge on any atom is -0.493 e. The number of Topliss-reactive ketones (excluding diaryl/α,β-unsaturated/α-hetero) is 1. The number of hydrogen-bond donors (Lipinski definition) is 2. The molecule has 2 N–H and O–H groups in total. The van der Waals surface area contributed by atoms with Crippen LogP contribution in [0.2, 0.25) is 0 Å². The number of para-hydroxylation sites is 1. The third-order valence-corrected chi connectivity index (χ3v) is 8.49. The van der Waals surface area contributed by atoms with Gasteiger partial charge in [0.2, 0.25) is 11.8 Å². The molecule has 0 saturated carbocycles. The molecule has 0 aliphatic carbocycles. The molecule has 11 heteroatoms. The monoisotopic (exact) mass is 649 g/mol. The largest absolute Gasteiger partial charge is 0.493 e. The van der Waals surface area contributed by atoms with Gasteiger partial charge in [-0.1, -0.05) is 30.3 Å². The highest BCUT2D eigenvalue weighted by Crippen LogP contribution is 2.35. The van der Waals surface area contributed by atoms with E-state index in [1.807, 2.05) is 0 Å². The topological polar surface area (TPSA) is 131 Å². The van der Waals surface area contributed by atoms with Crippen LogP contribution in [0.3, 0.4) is 0 Å². The average molecular weight is 650 g/mol. The molecular formula is C36H31N3O7S. The molecule has 4 aromatic carbocycles. The highest BCUT2D eigenvalue weighted by Gasteiger charge is 2.40. The van der Waals surface area contributed by atoms with Crippen molar-refractivity contribution in [1.29, 1.82) is 0 Å². The van der Waals surface area contributed by atoms with E-state index in [4.69, 9.17) is 9.47 Å². The van der Waals surface area contributed by atoms with Crippen LogP contribution in [-0.4, -0.2) is 48.9 Å². The zero-order valence-corrected chi connectivity index (χ0v) is 26.6. The first-order chi connectivity index (χ1) is 22.7. The predicted molar refractivity (Wildman–Crippen MR) is 180 cm³/mol. The lowest BCUT2D eigenvalue weighted by Gasteiger charge is -2.15. The fourth-order valence-corrected chi connectivity index (χ4v) is 5.97. The summed E-state index contributed by atoms with van der Waals surface area (Å²) in [5.41, 5.74) is 2.20. The summed E-state index contributed by atoms with van der Waals surface area (Å²) in [7, 11) is 2.99.